The molecular formula is C17H23F3O. The number of rotatable bonds is 7. The van der Waals surface area contributed by atoms with E-state index in [-0.39, 0.29) is 5.75 Å². The van der Waals surface area contributed by atoms with Crippen molar-refractivity contribution in [3.63, 3.8) is 0 Å². The second-order valence-corrected chi connectivity index (χ2v) is 5.17. The first-order valence-electron chi connectivity index (χ1n) is 7.38. The number of aryl methyl sites for hydroxylation is 1. The molecule has 0 saturated carbocycles. The summed E-state index contributed by atoms with van der Waals surface area (Å²) < 4.78 is 40.6. The fourth-order valence-corrected chi connectivity index (χ4v) is 2.36. The molecule has 0 saturated heterocycles. The van der Waals surface area contributed by atoms with Gasteiger partial charge in [-0.25, -0.2) is 0 Å². The van der Waals surface area contributed by atoms with Crippen molar-refractivity contribution in [3.05, 3.63) is 41.5 Å². The molecule has 4 heteroatoms. The second kappa shape index (κ2) is 8.11. The highest BCUT2D eigenvalue weighted by atomic mass is 19.4. The van der Waals surface area contributed by atoms with Crippen molar-refractivity contribution in [1.29, 1.82) is 0 Å². The Balaban J connectivity index is 2.81. The third-order valence-corrected chi connectivity index (χ3v) is 3.45. The molecule has 0 heterocycles. The minimum absolute atomic E-state index is 0.153. The number of hydrogen-bond acceptors (Lipinski definition) is 1. The van der Waals surface area contributed by atoms with Gasteiger partial charge in [0.25, 0.3) is 0 Å². The van der Waals surface area contributed by atoms with Crippen LogP contribution in [0.3, 0.4) is 0 Å². The third-order valence-electron chi connectivity index (χ3n) is 3.45. The van der Waals surface area contributed by atoms with Crippen LogP contribution >= 0.6 is 0 Å². The van der Waals surface area contributed by atoms with E-state index in [1.165, 1.54) is 12.1 Å². The third kappa shape index (κ3) is 6.23. The van der Waals surface area contributed by atoms with Gasteiger partial charge in [-0.05, 0) is 55.4 Å². The summed E-state index contributed by atoms with van der Waals surface area (Å²) in [5.74, 6) is 0.179. The highest BCUT2D eigenvalue weighted by Crippen LogP contribution is 2.31. The number of benzene rings is 1. The van der Waals surface area contributed by atoms with E-state index in [4.69, 9.17) is 0 Å². The Labute approximate surface area is 124 Å². The predicted octanol–water partition coefficient (Wildman–Crippen LogP) is 6.13. The molecule has 1 unspecified atom stereocenters. The number of halogens is 3. The monoisotopic (exact) mass is 300 g/mol. The van der Waals surface area contributed by atoms with Crippen LogP contribution in [0.25, 0.3) is 0 Å². The van der Waals surface area contributed by atoms with Crippen LogP contribution in [0.1, 0.15) is 56.6 Å². The summed E-state index contributed by atoms with van der Waals surface area (Å²) in [6.45, 7) is 6.06. The minimum atomic E-state index is -4.64. The van der Waals surface area contributed by atoms with Gasteiger partial charge < -0.3 is 4.74 Å². The van der Waals surface area contributed by atoms with E-state index >= 15 is 0 Å². The van der Waals surface area contributed by atoms with Gasteiger partial charge in [0.1, 0.15) is 5.75 Å². The van der Waals surface area contributed by atoms with Crippen LogP contribution in [0.2, 0.25) is 0 Å². The Morgan fingerprint density at radius 2 is 1.90 bits per heavy atom. The zero-order valence-corrected chi connectivity index (χ0v) is 12.8. The maximum Gasteiger partial charge on any atom is 0.573 e. The zero-order chi connectivity index (χ0) is 15.9. The van der Waals surface area contributed by atoms with E-state index in [0.717, 1.165) is 36.8 Å². The average molecular weight is 300 g/mol. The van der Waals surface area contributed by atoms with E-state index in [9.17, 15) is 13.2 Å². The largest absolute Gasteiger partial charge is 0.573 e. The number of ether oxygens (including phenoxy) is 1. The Hall–Kier alpha value is -1.45. The SMILES string of the molecule is CCCC=CCC(CC)c1ccc(OC(F)(F)F)cc1C. The normalized spacial score (nSPS) is 13.6. The molecule has 0 bridgehead atoms. The fraction of sp³-hybridized carbons (Fsp3) is 0.529. The first kappa shape index (κ1) is 17.6. The standard InChI is InChI=1S/C17H23F3O/c1-4-6-7-8-9-14(5-2)16-11-10-15(12-13(16)3)21-17(18,19)20/h7-8,10-12,14H,4-6,9H2,1-3H3. The highest BCUT2D eigenvalue weighted by Gasteiger charge is 2.31. The first-order chi connectivity index (χ1) is 9.87. The topological polar surface area (TPSA) is 9.23 Å². The van der Waals surface area contributed by atoms with Crippen molar-refractivity contribution in [2.24, 2.45) is 0 Å². The van der Waals surface area contributed by atoms with Gasteiger partial charge in [-0.1, -0.05) is 38.5 Å². The highest BCUT2D eigenvalue weighted by molar-refractivity contribution is 5.37. The van der Waals surface area contributed by atoms with Crippen LogP contribution in [0, 0.1) is 6.92 Å². The van der Waals surface area contributed by atoms with Gasteiger partial charge in [-0.2, -0.15) is 0 Å². The van der Waals surface area contributed by atoms with Crippen LogP contribution < -0.4 is 4.74 Å². The van der Waals surface area contributed by atoms with E-state index < -0.39 is 6.36 Å². The molecule has 0 amide bonds. The Morgan fingerprint density at radius 3 is 2.43 bits per heavy atom. The Bertz CT molecular complexity index is 464. The van der Waals surface area contributed by atoms with Gasteiger partial charge >= 0.3 is 6.36 Å². The number of allylic oxidation sites excluding steroid dienone is 2. The van der Waals surface area contributed by atoms with Crippen LogP contribution in [0.4, 0.5) is 13.2 Å². The first-order valence-corrected chi connectivity index (χ1v) is 7.38. The van der Waals surface area contributed by atoms with Gasteiger partial charge in [-0.15, -0.1) is 13.2 Å². The second-order valence-electron chi connectivity index (χ2n) is 5.17. The van der Waals surface area contributed by atoms with Gasteiger partial charge in [0.05, 0.1) is 0 Å². The van der Waals surface area contributed by atoms with Crippen molar-refractivity contribution in [2.45, 2.75) is 58.7 Å². The predicted molar refractivity (Wildman–Crippen MR) is 79.6 cm³/mol. The van der Waals surface area contributed by atoms with E-state index in [0.29, 0.717) is 5.92 Å². The lowest BCUT2D eigenvalue weighted by atomic mass is 9.89. The molecule has 1 aromatic rings. The summed E-state index contributed by atoms with van der Waals surface area (Å²) in [4.78, 5) is 0. The molecule has 0 aliphatic carbocycles. The quantitative estimate of drug-likeness (QED) is 0.550. The van der Waals surface area contributed by atoms with E-state index in [2.05, 4.69) is 30.7 Å². The smallest absolute Gasteiger partial charge is 0.406 e. The molecule has 0 radical (unpaired) electrons. The van der Waals surface area contributed by atoms with Crippen LogP contribution in [-0.2, 0) is 0 Å². The molecular weight excluding hydrogens is 277 g/mol. The number of alkyl halides is 3. The van der Waals surface area contributed by atoms with Gasteiger partial charge in [0.2, 0.25) is 0 Å². The zero-order valence-electron chi connectivity index (χ0n) is 12.8. The average Bonchev–Trinajstić information content (AvgIpc) is 2.38. The van der Waals surface area contributed by atoms with Crippen molar-refractivity contribution in [1.82, 2.24) is 0 Å². The summed E-state index contributed by atoms with van der Waals surface area (Å²) >= 11 is 0. The molecule has 0 aliphatic rings. The lowest BCUT2D eigenvalue weighted by Gasteiger charge is -2.17. The van der Waals surface area contributed by atoms with Gasteiger partial charge in [0.15, 0.2) is 0 Å². The number of hydrogen-bond donors (Lipinski definition) is 0. The minimum Gasteiger partial charge on any atom is -0.406 e. The summed E-state index contributed by atoms with van der Waals surface area (Å²) in [6.07, 6.45) is 3.74. The maximum absolute atomic E-state index is 12.2. The van der Waals surface area contributed by atoms with E-state index in [1.807, 2.05) is 6.92 Å². The molecule has 118 valence electrons. The van der Waals surface area contributed by atoms with Crippen molar-refractivity contribution in [2.75, 3.05) is 0 Å². The van der Waals surface area contributed by atoms with Crippen molar-refractivity contribution >= 4 is 0 Å². The maximum atomic E-state index is 12.2. The van der Waals surface area contributed by atoms with Crippen LogP contribution in [-0.4, -0.2) is 6.36 Å². The molecule has 0 aromatic heterocycles. The molecule has 0 N–H and O–H groups in total. The van der Waals surface area contributed by atoms with Crippen molar-refractivity contribution < 1.29 is 17.9 Å². The molecule has 1 rings (SSSR count). The lowest BCUT2D eigenvalue weighted by molar-refractivity contribution is -0.274. The molecule has 1 aromatic carbocycles. The Morgan fingerprint density at radius 1 is 1.19 bits per heavy atom. The number of unbranched alkanes of at least 4 members (excludes halogenated alkanes) is 1. The summed E-state index contributed by atoms with van der Waals surface area (Å²) in [5, 5.41) is 0. The molecule has 21 heavy (non-hydrogen) atoms. The summed E-state index contributed by atoms with van der Waals surface area (Å²) in [7, 11) is 0. The molecule has 1 nitrogen and oxygen atoms in total. The molecule has 0 aliphatic heterocycles. The van der Waals surface area contributed by atoms with Gasteiger partial charge in [0, 0.05) is 0 Å². The summed E-state index contributed by atoms with van der Waals surface area (Å²) in [5.41, 5.74) is 1.93. The lowest BCUT2D eigenvalue weighted by Crippen LogP contribution is -2.17. The van der Waals surface area contributed by atoms with Crippen LogP contribution in [0.5, 0.6) is 5.75 Å². The van der Waals surface area contributed by atoms with Crippen molar-refractivity contribution in [3.8, 4) is 5.75 Å². The molecule has 0 spiro atoms. The van der Waals surface area contributed by atoms with E-state index in [1.54, 1.807) is 6.07 Å². The Kier molecular flexibility index (Phi) is 6.79. The van der Waals surface area contributed by atoms with Gasteiger partial charge in [-0.3, -0.25) is 0 Å². The van der Waals surface area contributed by atoms with Crippen LogP contribution in [0.15, 0.2) is 30.4 Å². The molecule has 1 atom stereocenters. The summed E-state index contributed by atoms with van der Waals surface area (Å²) in [6, 6.07) is 4.60. The fourth-order valence-electron chi connectivity index (χ4n) is 2.36. The molecule has 0 fully saturated rings.